The molecule has 2 heterocycles. The van der Waals surface area contributed by atoms with Gasteiger partial charge in [-0.2, -0.15) is 13.2 Å². The second kappa shape index (κ2) is 7.28. The van der Waals surface area contributed by atoms with Crippen molar-refractivity contribution in [3.8, 4) is 11.1 Å². The van der Waals surface area contributed by atoms with Crippen LogP contribution in [0.25, 0.3) is 27.9 Å². The molecule has 0 unspecified atom stereocenters. The van der Waals surface area contributed by atoms with Crippen LogP contribution >= 0.6 is 11.6 Å². The molecule has 2 aromatic carbocycles. The fraction of sp³-hybridized carbons (Fsp3) is 0.348. The van der Waals surface area contributed by atoms with Gasteiger partial charge in [-0.3, -0.25) is 10.3 Å². The van der Waals surface area contributed by atoms with Crippen molar-refractivity contribution >= 4 is 28.3 Å². The van der Waals surface area contributed by atoms with Crippen molar-refractivity contribution in [3.05, 3.63) is 58.4 Å². The quantitative estimate of drug-likeness (QED) is 0.454. The number of hydrogen-bond donors (Lipinski definition) is 2. The third kappa shape index (κ3) is 3.49. The number of H-pyrrole nitrogens is 1. The van der Waals surface area contributed by atoms with Crippen LogP contribution in [0.1, 0.15) is 49.1 Å². The molecule has 1 aliphatic heterocycles. The predicted octanol–water partition coefficient (Wildman–Crippen LogP) is 6.79. The van der Waals surface area contributed by atoms with E-state index in [0.29, 0.717) is 33.0 Å². The molecule has 0 atom stereocenters. The molecular weight excluding hydrogens is 427 g/mol. The number of aromatic amines is 1. The number of imidazole rings is 1. The number of halogens is 4. The molecule has 0 radical (unpaired) electrons. The lowest BCUT2D eigenvalue weighted by atomic mass is 9.84. The lowest BCUT2D eigenvalue weighted by molar-refractivity contribution is -0.137. The zero-order valence-electron chi connectivity index (χ0n) is 16.9. The van der Waals surface area contributed by atoms with Crippen LogP contribution in [0.2, 0.25) is 5.02 Å². The molecule has 1 saturated carbocycles. The second-order valence-electron chi connectivity index (χ2n) is 8.27. The van der Waals surface area contributed by atoms with Gasteiger partial charge in [0.15, 0.2) is 5.82 Å². The number of nitrogens with one attached hydrogen (secondary N) is 2. The number of hydroxylamine groups is 1. The molecule has 0 amide bonds. The summed E-state index contributed by atoms with van der Waals surface area (Å²) in [4.78, 5) is 13.8. The van der Waals surface area contributed by atoms with E-state index < -0.39 is 11.7 Å². The summed E-state index contributed by atoms with van der Waals surface area (Å²) in [5.74, 6) is 0.559. The third-order valence-electron chi connectivity index (χ3n) is 6.23. The van der Waals surface area contributed by atoms with Crippen molar-refractivity contribution in [1.29, 1.82) is 0 Å². The maximum atomic E-state index is 13.6. The fourth-order valence-electron chi connectivity index (χ4n) is 4.62. The van der Waals surface area contributed by atoms with Crippen LogP contribution < -0.4 is 5.48 Å². The van der Waals surface area contributed by atoms with E-state index in [1.54, 1.807) is 19.1 Å². The zero-order chi connectivity index (χ0) is 21.8. The summed E-state index contributed by atoms with van der Waals surface area (Å²) in [6.07, 6.45) is 2.91. The Labute approximate surface area is 182 Å². The van der Waals surface area contributed by atoms with E-state index in [1.807, 2.05) is 0 Å². The lowest BCUT2D eigenvalue weighted by Gasteiger charge is -2.29. The van der Waals surface area contributed by atoms with Gasteiger partial charge >= 0.3 is 6.18 Å². The van der Waals surface area contributed by atoms with E-state index in [1.165, 1.54) is 18.6 Å². The molecular formula is C23H21ClF3N3O. The molecule has 1 fully saturated rings. The van der Waals surface area contributed by atoms with Gasteiger partial charge in [-0.05, 0) is 54.7 Å². The molecule has 162 valence electrons. The smallest absolute Gasteiger partial charge is 0.336 e. The number of alkyl halides is 3. The summed E-state index contributed by atoms with van der Waals surface area (Å²) < 4.78 is 40.7. The molecule has 0 saturated heterocycles. The topological polar surface area (TPSA) is 49.9 Å². The molecule has 4 nitrogen and oxygen atoms in total. The highest BCUT2D eigenvalue weighted by molar-refractivity contribution is 6.35. The average Bonchev–Trinajstić information content (AvgIpc) is 3.36. The zero-order valence-corrected chi connectivity index (χ0v) is 17.6. The number of nitrogens with zero attached hydrogens (tertiary/aromatic N) is 1. The molecule has 8 heteroatoms. The van der Waals surface area contributed by atoms with Gasteiger partial charge in [-0.15, -0.1) is 0 Å². The molecule has 3 aromatic rings. The summed E-state index contributed by atoms with van der Waals surface area (Å²) in [5.41, 5.74) is 5.01. The van der Waals surface area contributed by atoms with Gasteiger partial charge in [0, 0.05) is 0 Å². The largest absolute Gasteiger partial charge is 0.417 e. The van der Waals surface area contributed by atoms with Gasteiger partial charge in [-0.1, -0.05) is 49.1 Å². The Bertz CT molecular complexity index is 1190. The van der Waals surface area contributed by atoms with Crippen LogP contribution in [0.3, 0.4) is 0 Å². The molecule has 5 rings (SSSR count). The van der Waals surface area contributed by atoms with E-state index in [-0.39, 0.29) is 11.2 Å². The van der Waals surface area contributed by atoms with Crippen LogP contribution in [0, 0.1) is 6.92 Å². The number of rotatable bonds is 2. The molecule has 1 aromatic heterocycles. The molecule has 0 bridgehead atoms. The second-order valence-corrected chi connectivity index (χ2v) is 8.68. The van der Waals surface area contributed by atoms with Gasteiger partial charge in [-0.25, -0.2) is 4.98 Å². The van der Waals surface area contributed by atoms with E-state index >= 15 is 0 Å². The van der Waals surface area contributed by atoms with Crippen LogP contribution in [0.15, 0.2) is 36.4 Å². The van der Waals surface area contributed by atoms with Gasteiger partial charge in [0.2, 0.25) is 0 Å². The molecule has 1 spiro atoms. The minimum absolute atomic E-state index is 0.0927. The molecule has 2 aliphatic rings. The predicted molar refractivity (Wildman–Crippen MR) is 114 cm³/mol. The van der Waals surface area contributed by atoms with Crippen molar-refractivity contribution in [2.75, 3.05) is 0 Å². The maximum absolute atomic E-state index is 13.6. The maximum Gasteiger partial charge on any atom is 0.417 e. The van der Waals surface area contributed by atoms with E-state index in [0.717, 1.165) is 37.4 Å². The summed E-state index contributed by atoms with van der Waals surface area (Å²) in [7, 11) is 0. The third-order valence-corrected chi connectivity index (χ3v) is 6.52. The van der Waals surface area contributed by atoms with E-state index in [4.69, 9.17) is 16.4 Å². The van der Waals surface area contributed by atoms with Gasteiger partial charge < -0.3 is 4.98 Å². The number of benzene rings is 2. The fourth-order valence-corrected chi connectivity index (χ4v) is 4.87. The first-order valence-electron chi connectivity index (χ1n) is 10.3. The van der Waals surface area contributed by atoms with E-state index in [9.17, 15) is 13.2 Å². The number of aryl methyl sites for hydroxylation is 1. The normalized spacial score (nSPS) is 18.4. The Morgan fingerprint density at radius 2 is 1.84 bits per heavy atom. The first-order chi connectivity index (χ1) is 14.8. The van der Waals surface area contributed by atoms with Crippen LogP contribution in [-0.2, 0) is 11.0 Å². The Balaban J connectivity index is 1.62. The minimum atomic E-state index is -4.46. The first kappa shape index (κ1) is 20.4. The van der Waals surface area contributed by atoms with Crippen LogP contribution in [0.5, 0.6) is 0 Å². The Hall–Kier alpha value is -2.51. The van der Waals surface area contributed by atoms with Crippen molar-refractivity contribution in [1.82, 2.24) is 15.4 Å². The van der Waals surface area contributed by atoms with Crippen LogP contribution in [0.4, 0.5) is 13.2 Å². The Morgan fingerprint density at radius 1 is 1.10 bits per heavy atom. The highest BCUT2D eigenvalue weighted by Gasteiger charge is 2.37. The number of hydrogen-bond acceptors (Lipinski definition) is 3. The Morgan fingerprint density at radius 3 is 2.58 bits per heavy atom. The average molecular weight is 448 g/mol. The van der Waals surface area contributed by atoms with Crippen molar-refractivity contribution in [2.24, 2.45) is 0 Å². The van der Waals surface area contributed by atoms with Crippen molar-refractivity contribution < 1.29 is 18.0 Å². The van der Waals surface area contributed by atoms with Gasteiger partial charge in [0.25, 0.3) is 0 Å². The van der Waals surface area contributed by atoms with Crippen molar-refractivity contribution in [3.63, 3.8) is 0 Å². The minimum Gasteiger partial charge on any atom is -0.336 e. The van der Waals surface area contributed by atoms with Gasteiger partial charge in [0.05, 0.1) is 16.1 Å². The summed E-state index contributed by atoms with van der Waals surface area (Å²) in [6.45, 7) is 1.78. The monoisotopic (exact) mass is 447 g/mol. The molecule has 31 heavy (non-hydrogen) atoms. The Kier molecular flexibility index (Phi) is 4.79. The molecule has 1 aliphatic carbocycles. The standard InChI is InChI=1S/C23H21ClF3N3O/c1-13-15(14-7-3-4-8-16(14)23(25,26)27)11-17(24)20-19(13)28-21(29-20)18-12-22(31-30-18)9-5-2-6-10-22/h3-4,7-8,11-12,30H,2,5-6,9-10H2,1H3,(H,28,29). The lowest BCUT2D eigenvalue weighted by Crippen LogP contribution is -2.31. The number of fused-ring (bicyclic) bond motifs is 1. The number of aromatic nitrogens is 2. The summed E-state index contributed by atoms with van der Waals surface area (Å²) >= 11 is 6.48. The SMILES string of the molecule is Cc1c(-c2ccccc2C(F)(F)F)cc(Cl)c2nc(C3=CC4(CCCCC4)ON3)[nH]c12. The highest BCUT2D eigenvalue weighted by Crippen LogP contribution is 2.42. The van der Waals surface area contributed by atoms with E-state index in [2.05, 4.69) is 21.5 Å². The van der Waals surface area contributed by atoms with Crippen molar-refractivity contribution in [2.45, 2.75) is 50.8 Å². The highest BCUT2D eigenvalue weighted by atomic mass is 35.5. The summed E-state index contributed by atoms with van der Waals surface area (Å²) in [6, 6.07) is 7.08. The van der Waals surface area contributed by atoms with Crippen LogP contribution in [-0.4, -0.2) is 15.6 Å². The summed E-state index contributed by atoms with van der Waals surface area (Å²) in [5, 5.41) is 0.293. The molecule has 2 N–H and O–H groups in total. The van der Waals surface area contributed by atoms with Gasteiger partial charge in [0.1, 0.15) is 16.8 Å². The first-order valence-corrected chi connectivity index (χ1v) is 10.7.